The summed E-state index contributed by atoms with van der Waals surface area (Å²) in [5, 5.41) is 11.3. The summed E-state index contributed by atoms with van der Waals surface area (Å²) < 4.78 is 0.934. The minimum atomic E-state index is -0.912. The van der Waals surface area contributed by atoms with E-state index in [9.17, 15) is 9.90 Å². The number of carboxylic acids is 1. The Balaban J connectivity index is 2.47. The molecule has 2 nitrogen and oxygen atoms in total. The zero-order chi connectivity index (χ0) is 13.1. The van der Waals surface area contributed by atoms with E-state index in [1.54, 1.807) is 29.5 Å². The zero-order valence-corrected chi connectivity index (χ0v) is 12.1. The van der Waals surface area contributed by atoms with Gasteiger partial charge in [0.2, 0.25) is 0 Å². The maximum absolute atomic E-state index is 11.3. The number of carbonyl (C=O) groups is 1. The van der Waals surface area contributed by atoms with Crippen molar-refractivity contribution in [3.8, 4) is 0 Å². The van der Waals surface area contributed by atoms with Gasteiger partial charge in [0, 0.05) is 9.35 Å². The molecule has 0 radical (unpaired) electrons. The average molecular weight is 323 g/mol. The van der Waals surface area contributed by atoms with E-state index in [2.05, 4.69) is 15.9 Å². The van der Waals surface area contributed by atoms with Crippen LogP contribution in [0.4, 0.5) is 0 Å². The molecule has 2 aromatic rings. The van der Waals surface area contributed by atoms with Crippen molar-refractivity contribution in [3.05, 3.63) is 56.2 Å². The van der Waals surface area contributed by atoms with Crippen molar-refractivity contribution in [2.45, 2.75) is 6.92 Å². The number of hydrogen-bond acceptors (Lipinski definition) is 2. The number of carboxylic acid groups (broad SMARTS) is 1. The molecule has 2 rings (SSSR count). The van der Waals surface area contributed by atoms with Gasteiger partial charge in [0.1, 0.15) is 0 Å². The van der Waals surface area contributed by atoms with Crippen LogP contribution in [-0.4, -0.2) is 11.1 Å². The first-order chi connectivity index (χ1) is 8.58. The number of aliphatic carboxylic acids is 1. The molecule has 4 heteroatoms. The van der Waals surface area contributed by atoms with Crippen molar-refractivity contribution < 1.29 is 9.90 Å². The molecule has 0 unspecified atom stereocenters. The summed E-state index contributed by atoms with van der Waals surface area (Å²) in [4.78, 5) is 12.3. The summed E-state index contributed by atoms with van der Waals surface area (Å²) in [7, 11) is 0. The number of benzene rings is 1. The highest BCUT2D eigenvalue weighted by Gasteiger charge is 2.11. The third kappa shape index (κ3) is 2.89. The Bertz CT molecular complexity index is 597. The summed E-state index contributed by atoms with van der Waals surface area (Å²) in [5.41, 5.74) is 2.11. The predicted octanol–water partition coefficient (Wildman–Crippen LogP) is 4.44. The van der Waals surface area contributed by atoms with Gasteiger partial charge in [-0.2, -0.15) is 0 Å². The van der Waals surface area contributed by atoms with Crippen molar-refractivity contribution in [1.82, 2.24) is 0 Å². The molecule has 0 atom stereocenters. The predicted molar refractivity (Wildman–Crippen MR) is 78.7 cm³/mol. The van der Waals surface area contributed by atoms with Gasteiger partial charge >= 0.3 is 5.97 Å². The van der Waals surface area contributed by atoms with Crippen LogP contribution in [0, 0.1) is 6.92 Å². The van der Waals surface area contributed by atoms with E-state index in [1.165, 1.54) is 0 Å². The van der Waals surface area contributed by atoms with Crippen LogP contribution in [0.1, 0.15) is 16.0 Å². The van der Waals surface area contributed by atoms with Gasteiger partial charge in [-0.25, -0.2) is 4.79 Å². The smallest absolute Gasteiger partial charge is 0.336 e. The van der Waals surface area contributed by atoms with Crippen molar-refractivity contribution in [2.24, 2.45) is 0 Å². The minimum absolute atomic E-state index is 0.313. The first kappa shape index (κ1) is 13.1. The van der Waals surface area contributed by atoms with Crippen LogP contribution in [0.15, 0.2) is 40.2 Å². The molecular weight excluding hydrogens is 312 g/mol. The molecule has 0 aliphatic carbocycles. The molecule has 1 aromatic carbocycles. The standard InChI is InChI=1S/C14H11BrO2S/c1-9-6-7-18-13(9)8-12(14(16)17)10-2-4-11(15)5-3-10/h2-8H,1H3,(H,16,17)/b12-8-. The second-order valence-electron chi connectivity index (χ2n) is 3.84. The molecule has 0 amide bonds. The molecule has 1 heterocycles. The summed E-state index contributed by atoms with van der Waals surface area (Å²) >= 11 is 4.88. The normalized spacial score (nSPS) is 11.6. The van der Waals surface area contributed by atoms with E-state index < -0.39 is 5.97 Å². The molecule has 0 saturated carbocycles. The van der Waals surface area contributed by atoms with E-state index >= 15 is 0 Å². The lowest BCUT2D eigenvalue weighted by molar-refractivity contribution is -0.130. The molecule has 0 aliphatic heterocycles. The van der Waals surface area contributed by atoms with Crippen LogP contribution in [0.5, 0.6) is 0 Å². The first-order valence-electron chi connectivity index (χ1n) is 5.33. The quantitative estimate of drug-likeness (QED) is 0.848. The Hall–Kier alpha value is -1.39. The second kappa shape index (κ2) is 5.50. The molecular formula is C14H11BrO2S. The first-order valence-corrected chi connectivity index (χ1v) is 7.00. The lowest BCUT2D eigenvalue weighted by Gasteiger charge is -2.03. The Morgan fingerprint density at radius 3 is 2.44 bits per heavy atom. The molecule has 0 aliphatic rings. The molecule has 92 valence electrons. The van der Waals surface area contributed by atoms with Gasteiger partial charge in [0.25, 0.3) is 0 Å². The van der Waals surface area contributed by atoms with Gasteiger partial charge in [0.05, 0.1) is 5.57 Å². The Morgan fingerprint density at radius 2 is 1.94 bits per heavy atom. The van der Waals surface area contributed by atoms with Gasteiger partial charge in [-0.1, -0.05) is 28.1 Å². The Morgan fingerprint density at radius 1 is 1.28 bits per heavy atom. The van der Waals surface area contributed by atoms with Crippen LogP contribution >= 0.6 is 27.3 Å². The third-order valence-electron chi connectivity index (χ3n) is 2.56. The summed E-state index contributed by atoms with van der Waals surface area (Å²) in [6, 6.07) is 9.26. The van der Waals surface area contributed by atoms with Crippen LogP contribution in [-0.2, 0) is 4.79 Å². The zero-order valence-electron chi connectivity index (χ0n) is 9.68. The fourth-order valence-electron chi connectivity index (χ4n) is 1.56. The average Bonchev–Trinajstić information content (AvgIpc) is 2.73. The van der Waals surface area contributed by atoms with Crippen LogP contribution in [0.3, 0.4) is 0 Å². The molecule has 0 spiro atoms. The minimum Gasteiger partial charge on any atom is -0.478 e. The summed E-state index contributed by atoms with van der Waals surface area (Å²) in [6.45, 7) is 1.98. The van der Waals surface area contributed by atoms with E-state index in [4.69, 9.17) is 0 Å². The highest BCUT2D eigenvalue weighted by Crippen LogP contribution is 2.25. The van der Waals surface area contributed by atoms with Crippen molar-refractivity contribution in [1.29, 1.82) is 0 Å². The topological polar surface area (TPSA) is 37.3 Å². The Labute approximate surface area is 118 Å². The Kier molecular flexibility index (Phi) is 3.99. The third-order valence-corrected chi connectivity index (χ3v) is 4.06. The van der Waals surface area contributed by atoms with E-state index in [0.717, 1.165) is 14.9 Å². The van der Waals surface area contributed by atoms with E-state index in [-0.39, 0.29) is 0 Å². The van der Waals surface area contributed by atoms with Crippen LogP contribution in [0.25, 0.3) is 11.6 Å². The molecule has 1 aromatic heterocycles. The van der Waals surface area contributed by atoms with Crippen LogP contribution < -0.4 is 0 Å². The van der Waals surface area contributed by atoms with Crippen molar-refractivity contribution in [3.63, 3.8) is 0 Å². The maximum atomic E-state index is 11.3. The summed E-state index contributed by atoms with van der Waals surface area (Å²) in [5.74, 6) is -0.912. The second-order valence-corrected chi connectivity index (χ2v) is 5.70. The molecule has 0 bridgehead atoms. The lowest BCUT2D eigenvalue weighted by Crippen LogP contribution is -1.99. The number of hydrogen-bond donors (Lipinski definition) is 1. The number of aryl methyl sites for hydroxylation is 1. The molecule has 0 fully saturated rings. The van der Waals surface area contributed by atoms with Gasteiger partial charge in [-0.05, 0) is 47.7 Å². The fraction of sp³-hybridized carbons (Fsp3) is 0.0714. The fourth-order valence-corrected chi connectivity index (χ4v) is 2.68. The van der Waals surface area contributed by atoms with Gasteiger partial charge in [0.15, 0.2) is 0 Å². The summed E-state index contributed by atoms with van der Waals surface area (Å²) in [6.07, 6.45) is 1.73. The number of halogens is 1. The van der Waals surface area contributed by atoms with Gasteiger partial charge in [-0.3, -0.25) is 0 Å². The van der Waals surface area contributed by atoms with Crippen molar-refractivity contribution >= 4 is 44.9 Å². The van der Waals surface area contributed by atoms with Gasteiger partial charge < -0.3 is 5.11 Å². The van der Waals surface area contributed by atoms with Crippen molar-refractivity contribution in [2.75, 3.05) is 0 Å². The monoisotopic (exact) mass is 322 g/mol. The largest absolute Gasteiger partial charge is 0.478 e. The number of thiophene rings is 1. The lowest BCUT2D eigenvalue weighted by atomic mass is 10.0. The molecule has 18 heavy (non-hydrogen) atoms. The molecule has 1 N–H and O–H groups in total. The highest BCUT2D eigenvalue weighted by molar-refractivity contribution is 9.10. The van der Waals surface area contributed by atoms with Crippen LogP contribution in [0.2, 0.25) is 0 Å². The van der Waals surface area contributed by atoms with E-state index in [0.29, 0.717) is 11.1 Å². The number of rotatable bonds is 3. The molecule has 0 saturated heterocycles. The van der Waals surface area contributed by atoms with Gasteiger partial charge in [-0.15, -0.1) is 11.3 Å². The van der Waals surface area contributed by atoms with E-state index in [1.807, 2.05) is 30.5 Å². The SMILES string of the molecule is Cc1ccsc1/C=C(\C(=O)O)c1ccc(Br)cc1. The highest BCUT2D eigenvalue weighted by atomic mass is 79.9. The maximum Gasteiger partial charge on any atom is 0.336 e.